The summed E-state index contributed by atoms with van der Waals surface area (Å²) in [5, 5.41) is 11.6. The Labute approximate surface area is 81.3 Å². The van der Waals surface area contributed by atoms with Crippen LogP contribution in [0, 0.1) is 6.92 Å². The van der Waals surface area contributed by atoms with Gasteiger partial charge in [0.2, 0.25) is 5.91 Å². The molecule has 0 aromatic heterocycles. The second-order valence-electron chi connectivity index (χ2n) is 2.67. The summed E-state index contributed by atoms with van der Waals surface area (Å²) in [6.07, 6.45) is 0. The molecule has 13 heavy (non-hydrogen) atoms. The highest BCUT2D eigenvalue weighted by atomic mass is 35.5. The molecule has 0 unspecified atom stereocenters. The Balaban J connectivity index is 2.79. The van der Waals surface area contributed by atoms with Gasteiger partial charge in [0.1, 0.15) is 6.61 Å². The number of carbonyl (C=O) groups excluding carboxylic acids is 1. The van der Waals surface area contributed by atoms with Crippen LogP contribution in [-0.4, -0.2) is 17.6 Å². The van der Waals surface area contributed by atoms with Crippen molar-refractivity contribution in [2.75, 3.05) is 11.9 Å². The molecule has 1 aromatic carbocycles. The van der Waals surface area contributed by atoms with E-state index in [0.717, 1.165) is 5.56 Å². The first kappa shape index (κ1) is 10.0. The first-order valence-corrected chi connectivity index (χ1v) is 4.18. The quantitative estimate of drug-likeness (QED) is 0.760. The topological polar surface area (TPSA) is 49.3 Å². The van der Waals surface area contributed by atoms with Crippen molar-refractivity contribution in [2.45, 2.75) is 6.92 Å². The SMILES string of the molecule is Cc1ccc(NC(=O)CO)cc1Cl. The van der Waals surface area contributed by atoms with Crippen LogP contribution in [0.1, 0.15) is 5.56 Å². The van der Waals surface area contributed by atoms with Gasteiger partial charge in [-0.2, -0.15) is 0 Å². The summed E-state index contributed by atoms with van der Waals surface area (Å²) in [5.74, 6) is -0.445. The van der Waals surface area contributed by atoms with Crippen LogP contribution < -0.4 is 5.32 Å². The zero-order valence-electron chi connectivity index (χ0n) is 7.17. The van der Waals surface area contributed by atoms with Gasteiger partial charge in [-0.25, -0.2) is 0 Å². The van der Waals surface area contributed by atoms with E-state index in [-0.39, 0.29) is 0 Å². The molecule has 4 heteroatoms. The Kier molecular flexibility index (Phi) is 3.28. The van der Waals surface area contributed by atoms with Crippen molar-refractivity contribution in [3.63, 3.8) is 0 Å². The zero-order valence-corrected chi connectivity index (χ0v) is 7.93. The highest BCUT2D eigenvalue weighted by Crippen LogP contribution is 2.19. The first-order chi connectivity index (χ1) is 6.13. The minimum atomic E-state index is -0.522. The van der Waals surface area contributed by atoms with Crippen LogP contribution in [-0.2, 0) is 4.79 Å². The van der Waals surface area contributed by atoms with Gasteiger partial charge in [-0.1, -0.05) is 17.7 Å². The lowest BCUT2D eigenvalue weighted by molar-refractivity contribution is -0.118. The Bertz CT molecular complexity index is 325. The molecule has 0 aliphatic rings. The summed E-state index contributed by atoms with van der Waals surface area (Å²) in [7, 11) is 0. The normalized spacial score (nSPS) is 9.77. The van der Waals surface area contributed by atoms with Crippen LogP contribution in [0.25, 0.3) is 0 Å². The maximum absolute atomic E-state index is 10.8. The molecular formula is C9H10ClNO2. The number of aryl methyl sites for hydroxylation is 1. The number of anilines is 1. The van der Waals surface area contributed by atoms with E-state index in [9.17, 15) is 4.79 Å². The highest BCUT2D eigenvalue weighted by molar-refractivity contribution is 6.31. The number of rotatable bonds is 2. The summed E-state index contributed by atoms with van der Waals surface area (Å²) in [4.78, 5) is 10.8. The van der Waals surface area contributed by atoms with E-state index in [2.05, 4.69) is 5.32 Å². The number of hydrogen-bond donors (Lipinski definition) is 2. The number of aliphatic hydroxyl groups is 1. The molecule has 3 nitrogen and oxygen atoms in total. The second kappa shape index (κ2) is 4.25. The van der Waals surface area contributed by atoms with Gasteiger partial charge in [0.15, 0.2) is 0 Å². The summed E-state index contributed by atoms with van der Waals surface area (Å²) in [6.45, 7) is 1.35. The van der Waals surface area contributed by atoms with E-state index in [0.29, 0.717) is 10.7 Å². The Morgan fingerprint density at radius 2 is 2.31 bits per heavy atom. The number of nitrogens with one attached hydrogen (secondary N) is 1. The van der Waals surface area contributed by atoms with E-state index in [1.54, 1.807) is 18.2 Å². The van der Waals surface area contributed by atoms with Crippen molar-refractivity contribution in [2.24, 2.45) is 0 Å². The summed E-state index contributed by atoms with van der Waals surface area (Å²) in [5.41, 5.74) is 1.54. The third kappa shape index (κ3) is 2.72. The Morgan fingerprint density at radius 1 is 1.62 bits per heavy atom. The molecule has 0 saturated heterocycles. The fourth-order valence-electron chi connectivity index (χ4n) is 0.871. The monoisotopic (exact) mass is 199 g/mol. The zero-order chi connectivity index (χ0) is 9.84. The van der Waals surface area contributed by atoms with Crippen molar-refractivity contribution >= 4 is 23.2 Å². The third-order valence-electron chi connectivity index (χ3n) is 1.60. The standard InChI is InChI=1S/C9H10ClNO2/c1-6-2-3-7(4-8(6)10)11-9(13)5-12/h2-4,12H,5H2,1H3,(H,11,13). The van der Waals surface area contributed by atoms with Crippen LogP contribution in [0.15, 0.2) is 18.2 Å². The van der Waals surface area contributed by atoms with E-state index in [1.165, 1.54) is 0 Å². The molecule has 0 spiro atoms. The molecular weight excluding hydrogens is 190 g/mol. The van der Waals surface area contributed by atoms with Crippen LogP contribution in [0.4, 0.5) is 5.69 Å². The van der Waals surface area contributed by atoms with Crippen molar-refractivity contribution < 1.29 is 9.90 Å². The first-order valence-electron chi connectivity index (χ1n) is 3.80. The van der Waals surface area contributed by atoms with Gasteiger partial charge in [-0.15, -0.1) is 0 Å². The van der Waals surface area contributed by atoms with Crippen molar-refractivity contribution in [1.82, 2.24) is 0 Å². The molecule has 0 bridgehead atoms. The molecule has 1 aromatic rings. The van der Waals surface area contributed by atoms with E-state index < -0.39 is 12.5 Å². The van der Waals surface area contributed by atoms with Crippen LogP contribution >= 0.6 is 11.6 Å². The van der Waals surface area contributed by atoms with Gasteiger partial charge in [-0.05, 0) is 24.6 Å². The molecule has 0 aliphatic heterocycles. The molecule has 0 saturated carbocycles. The molecule has 0 fully saturated rings. The lowest BCUT2D eigenvalue weighted by Crippen LogP contribution is -2.15. The van der Waals surface area contributed by atoms with Crippen LogP contribution in [0.3, 0.4) is 0 Å². The Hall–Kier alpha value is -1.06. The van der Waals surface area contributed by atoms with Crippen molar-refractivity contribution in [1.29, 1.82) is 0 Å². The predicted octanol–water partition coefficient (Wildman–Crippen LogP) is 1.58. The number of amides is 1. The van der Waals surface area contributed by atoms with Gasteiger partial charge >= 0.3 is 0 Å². The number of aliphatic hydroxyl groups excluding tert-OH is 1. The smallest absolute Gasteiger partial charge is 0.250 e. The highest BCUT2D eigenvalue weighted by Gasteiger charge is 2.01. The number of hydrogen-bond acceptors (Lipinski definition) is 2. The summed E-state index contributed by atoms with van der Waals surface area (Å²) >= 11 is 5.83. The summed E-state index contributed by atoms with van der Waals surface area (Å²) < 4.78 is 0. The number of benzene rings is 1. The average molecular weight is 200 g/mol. The molecule has 0 atom stereocenters. The molecule has 2 N–H and O–H groups in total. The molecule has 0 aliphatic carbocycles. The fourth-order valence-corrected chi connectivity index (χ4v) is 1.05. The largest absolute Gasteiger partial charge is 0.387 e. The molecule has 70 valence electrons. The molecule has 1 rings (SSSR count). The number of carbonyl (C=O) groups is 1. The van der Waals surface area contributed by atoms with Gasteiger partial charge < -0.3 is 10.4 Å². The van der Waals surface area contributed by atoms with Crippen molar-refractivity contribution in [3.8, 4) is 0 Å². The van der Waals surface area contributed by atoms with E-state index >= 15 is 0 Å². The lowest BCUT2D eigenvalue weighted by Gasteiger charge is -2.04. The molecule has 0 heterocycles. The summed E-state index contributed by atoms with van der Waals surface area (Å²) in [6, 6.07) is 5.18. The maximum Gasteiger partial charge on any atom is 0.250 e. The number of halogens is 1. The Morgan fingerprint density at radius 3 is 2.85 bits per heavy atom. The van der Waals surface area contributed by atoms with E-state index in [4.69, 9.17) is 16.7 Å². The van der Waals surface area contributed by atoms with E-state index in [1.807, 2.05) is 6.92 Å². The van der Waals surface area contributed by atoms with Gasteiger partial charge in [0.25, 0.3) is 0 Å². The van der Waals surface area contributed by atoms with Gasteiger partial charge in [0, 0.05) is 10.7 Å². The van der Waals surface area contributed by atoms with Crippen molar-refractivity contribution in [3.05, 3.63) is 28.8 Å². The van der Waals surface area contributed by atoms with Gasteiger partial charge in [0.05, 0.1) is 0 Å². The molecule has 1 amide bonds. The minimum absolute atomic E-state index is 0.445. The lowest BCUT2D eigenvalue weighted by atomic mass is 10.2. The predicted molar refractivity (Wildman–Crippen MR) is 51.9 cm³/mol. The fraction of sp³-hybridized carbons (Fsp3) is 0.222. The van der Waals surface area contributed by atoms with Gasteiger partial charge in [-0.3, -0.25) is 4.79 Å². The second-order valence-corrected chi connectivity index (χ2v) is 3.08. The maximum atomic E-state index is 10.8. The molecule has 0 radical (unpaired) electrons. The minimum Gasteiger partial charge on any atom is -0.387 e. The third-order valence-corrected chi connectivity index (χ3v) is 2.01. The average Bonchev–Trinajstić information content (AvgIpc) is 2.11. The van der Waals surface area contributed by atoms with Crippen LogP contribution in [0.5, 0.6) is 0 Å². The van der Waals surface area contributed by atoms with Crippen LogP contribution in [0.2, 0.25) is 5.02 Å².